The summed E-state index contributed by atoms with van der Waals surface area (Å²) in [5.74, 6) is -0.651. The lowest BCUT2D eigenvalue weighted by Crippen LogP contribution is -2.35. The molecule has 1 spiro atoms. The molecule has 6 nitrogen and oxygen atoms in total. The minimum Gasteiger partial charge on any atom is -0.233 e. The Hall–Kier alpha value is -2.88. The Morgan fingerprint density at radius 2 is 1.92 bits per heavy atom. The zero-order chi connectivity index (χ0) is 26.0. The third kappa shape index (κ3) is 3.95. The van der Waals surface area contributed by atoms with Crippen LogP contribution in [-0.2, 0) is 29.6 Å². The Bertz CT molecular complexity index is 1510. The fourth-order valence-corrected chi connectivity index (χ4v) is 7.20. The van der Waals surface area contributed by atoms with Crippen molar-refractivity contribution in [2.24, 2.45) is 10.8 Å². The minimum absolute atomic E-state index is 0.0717. The highest BCUT2D eigenvalue weighted by Crippen LogP contribution is 2.79. The summed E-state index contributed by atoms with van der Waals surface area (Å²) in [5, 5.41) is 4.61. The summed E-state index contributed by atoms with van der Waals surface area (Å²) in [5.41, 5.74) is 6.19. The van der Waals surface area contributed by atoms with Gasteiger partial charge in [-0.25, -0.2) is 13.5 Å². The van der Waals surface area contributed by atoms with E-state index in [1.54, 1.807) is 18.2 Å². The number of halogens is 2. The topological polar surface area (TPSA) is 67.2 Å². The molecule has 2 saturated carbocycles. The maximum atomic E-state index is 14.7. The van der Waals surface area contributed by atoms with Gasteiger partial charge in [0.1, 0.15) is 11.6 Å². The number of hydrogen-bond donors (Lipinski definition) is 1. The first-order valence-electron chi connectivity index (χ1n) is 12.6. The zero-order valence-corrected chi connectivity index (χ0v) is 21.8. The van der Waals surface area contributed by atoms with Crippen molar-refractivity contribution in [2.45, 2.75) is 45.1 Å². The number of nitrogens with zero attached hydrogens (tertiary/aromatic N) is 3. The summed E-state index contributed by atoms with van der Waals surface area (Å²) in [6.45, 7) is -0.0717. The zero-order valence-electron chi connectivity index (χ0n) is 21.0. The van der Waals surface area contributed by atoms with Crippen LogP contribution in [0.3, 0.4) is 0 Å². The van der Waals surface area contributed by atoms with E-state index in [9.17, 15) is 17.2 Å². The lowest BCUT2D eigenvalue weighted by molar-refractivity contribution is 0.382. The van der Waals surface area contributed by atoms with Crippen LogP contribution in [0.25, 0.3) is 11.8 Å². The molecular weight excluding hydrogens is 494 g/mol. The molecule has 37 heavy (non-hydrogen) atoms. The largest absolute Gasteiger partial charge is 0.279 e. The van der Waals surface area contributed by atoms with E-state index in [0.717, 1.165) is 53.4 Å². The fourth-order valence-electron chi connectivity index (χ4n) is 6.62. The minimum atomic E-state index is -3.65. The number of benzene rings is 2. The molecule has 9 heteroatoms. The summed E-state index contributed by atoms with van der Waals surface area (Å²) in [6, 6.07) is 11.4. The van der Waals surface area contributed by atoms with Crippen LogP contribution >= 0.6 is 0 Å². The molecule has 1 unspecified atom stereocenters. The molecule has 1 aromatic heterocycles. The highest BCUT2D eigenvalue weighted by atomic mass is 32.2. The molecule has 2 atom stereocenters. The number of rotatable bonds is 8. The second-order valence-corrected chi connectivity index (χ2v) is 12.8. The van der Waals surface area contributed by atoms with E-state index in [0.29, 0.717) is 12.0 Å². The van der Waals surface area contributed by atoms with Crippen LogP contribution in [0.15, 0.2) is 54.2 Å². The molecule has 1 N–H and O–H groups in total. The van der Waals surface area contributed by atoms with E-state index in [-0.39, 0.29) is 29.0 Å². The van der Waals surface area contributed by atoms with Crippen LogP contribution in [0.4, 0.5) is 8.78 Å². The van der Waals surface area contributed by atoms with Gasteiger partial charge in [0, 0.05) is 31.6 Å². The number of allylic oxidation sites excluding steroid dienone is 1. The van der Waals surface area contributed by atoms with Gasteiger partial charge in [0.05, 0.1) is 17.6 Å². The lowest BCUT2D eigenvalue weighted by atomic mass is 9.80. The third-order valence-corrected chi connectivity index (χ3v) is 10.2. The van der Waals surface area contributed by atoms with Gasteiger partial charge in [-0.05, 0) is 91.5 Å². The second-order valence-electron chi connectivity index (χ2n) is 10.8. The summed E-state index contributed by atoms with van der Waals surface area (Å²) in [7, 11) is -0.757. The maximum Gasteiger partial charge on any atom is 0.279 e. The molecule has 3 aliphatic rings. The van der Waals surface area contributed by atoms with E-state index in [2.05, 4.69) is 15.9 Å². The Labute approximate surface area is 216 Å². The van der Waals surface area contributed by atoms with Gasteiger partial charge in [0.25, 0.3) is 10.2 Å². The van der Waals surface area contributed by atoms with E-state index < -0.39 is 10.2 Å². The molecule has 0 aliphatic heterocycles. The van der Waals surface area contributed by atoms with Crippen LogP contribution in [-0.4, -0.2) is 36.6 Å². The first-order chi connectivity index (χ1) is 17.6. The molecule has 0 radical (unpaired) electrons. The predicted molar refractivity (Wildman–Crippen MR) is 138 cm³/mol. The lowest BCUT2D eigenvalue weighted by Gasteiger charge is -2.24. The normalized spacial score (nSPS) is 24.0. The number of fused-ring (bicyclic) bond motifs is 1. The van der Waals surface area contributed by atoms with Crippen LogP contribution in [0.5, 0.6) is 0 Å². The number of aromatic nitrogens is 2. The highest BCUT2D eigenvalue weighted by Gasteiger charge is 2.71. The average molecular weight is 525 g/mol. The standard InChI is InChI=1S/C28H30F2N4O2S/c1-33(2)37(35,36)32-17-24-19(4-3-5-25(24)30)10-12-27-13-11-21-14-26-20(15-28(21,27)18-27)16-31-34(26)23-8-6-22(29)7-9-23/h3-9,14,16,32H,10-13,15,17-18H2,1-2H3/t27-,28?/m1/s1. The van der Waals surface area contributed by atoms with Crippen molar-refractivity contribution in [1.29, 1.82) is 0 Å². The fraction of sp³-hybridized carbons (Fsp3) is 0.393. The molecule has 2 aromatic carbocycles. The number of nitrogens with one attached hydrogen (secondary N) is 1. The maximum absolute atomic E-state index is 14.7. The first kappa shape index (κ1) is 24.5. The molecule has 3 aliphatic carbocycles. The third-order valence-electron chi connectivity index (χ3n) is 8.78. The summed E-state index contributed by atoms with van der Waals surface area (Å²) >= 11 is 0. The predicted octanol–water partition coefficient (Wildman–Crippen LogP) is 4.79. The molecule has 2 fully saturated rings. The van der Waals surface area contributed by atoms with Crippen molar-refractivity contribution >= 4 is 16.3 Å². The average Bonchev–Trinajstić information content (AvgIpc) is 3.13. The molecule has 0 bridgehead atoms. The number of aryl methyl sites for hydroxylation is 1. The van der Waals surface area contributed by atoms with Gasteiger partial charge in [-0.1, -0.05) is 17.7 Å². The van der Waals surface area contributed by atoms with Gasteiger partial charge in [-0.2, -0.15) is 22.5 Å². The Kier molecular flexibility index (Phi) is 5.67. The Morgan fingerprint density at radius 3 is 2.68 bits per heavy atom. The second kappa shape index (κ2) is 8.58. The molecule has 6 rings (SSSR count). The Morgan fingerprint density at radius 1 is 1.14 bits per heavy atom. The van der Waals surface area contributed by atoms with Gasteiger partial charge in [0.2, 0.25) is 0 Å². The molecular formula is C28H30F2N4O2S. The van der Waals surface area contributed by atoms with Crippen molar-refractivity contribution in [3.63, 3.8) is 0 Å². The van der Waals surface area contributed by atoms with E-state index in [1.165, 1.54) is 43.4 Å². The van der Waals surface area contributed by atoms with E-state index >= 15 is 0 Å². The van der Waals surface area contributed by atoms with Gasteiger partial charge in [-0.3, -0.25) is 0 Å². The molecule has 0 amide bonds. The monoisotopic (exact) mass is 524 g/mol. The molecule has 0 saturated heterocycles. The van der Waals surface area contributed by atoms with E-state index in [1.807, 2.05) is 16.9 Å². The van der Waals surface area contributed by atoms with Crippen LogP contribution in [0, 0.1) is 22.5 Å². The van der Waals surface area contributed by atoms with Crippen molar-refractivity contribution in [1.82, 2.24) is 18.8 Å². The summed E-state index contributed by atoms with van der Waals surface area (Å²) < 4.78 is 58.0. The van der Waals surface area contributed by atoms with Gasteiger partial charge in [-0.15, -0.1) is 0 Å². The summed E-state index contributed by atoms with van der Waals surface area (Å²) in [6.07, 6.45) is 10.0. The smallest absolute Gasteiger partial charge is 0.233 e. The van der Waals surface area contributed by atoms with Crippen molar-refractivity contribution in [2.75, 3.05) is 14.1 Å². The van der Waals surface area contributed by atoms with Gasteiger partial charge in [0.15, 0.2) is 0 Å². The Balaban J connectivity index is 1.21. The molecule has 3 aromatic rings. The SMILES string of the molecule is CN(C)S(=O)(=O)NCc1c(F)cccc1CC[C@]12CCC3=Cc4c(cnn4-c4ccc(F)cc4)CC31C2. The van der Waals surface area contributed by atoms with Crippen LogP contribution < -0.4 is 4.72 Å². The highest BCUT2D eigenvalue weighted by molar-refractivity contribution is 7.87. The number of hydrogen-bond acceptors (Lipinski definition) is 3. The molecule has 1 heterocycles. The van der Waals surface area contributed by atoms with Gasteiger partial charge >= 0.3 is 0 Å². The molecule has 194 valence electrons. The summed E-state index contributed by atoms with van der Waals surface area (Å²) in [4.78, 5) is 0. The van der Waals surface area contributed by atoms with Crippen molar-refractivity contribution < 1.29 is 17.2 Å². The first-order valence-corrected chi connectivity index (χ1v) is 14.1. The van der Waals surface area contributed by atoms with E-state index in [4.69, 9.17) is 0 Å². The van der Waals surface area contributed by atoms with Crippen molar-refractivity contribution in [3.8, 4) is 5.69 Å². The van der Waals surface area contributed by atoms with Gasteiger partial charge < -0.3 is 0 Å². The van der Waals surface area contributed by atoms with Crippen LogP contribution in [0.2, 0.25) is 0 Å². The quantitative estimate of drug-likeness (QED) is 0.461. The van der Waals surface area contributed by atoms with Crippen molar-refractivity contribution in [3.05, 3.63) is 88.3 Å². The van der Waals surface area contributed by atoms with Crippen LogP contribution in [0.1, 0.15) is 48.1 Å².